The molecule has 4 fully saturated rings. The molecule has 0 aromatic heterocycles. The zero-order valence-corrected chi connectivity index (χ0v) is 11.0. The number of ether oxygens (including phenoxy) is 2. The Hall–Kier alpha value is -0.900. The van der Waals surface area contributed by atoms with E-state index in [1.165, 1.54) is 0 Å². The van der Waals surface area contributed by atoms with Crippen molar-refractivity contribution in [2.75, 3.05) is 13.2 Å². The summed E-state index contributed by atoms with van der Waals surface area (Å²) in [5, 5.41) is 11.2. The van der Waals surface area contributed by atoms with Crippen LogP contribution in [-0.2, 0) is 15.1 Å². The van der Waals surface area contributed by atoms with Gasteiger partial charge in [0.2, 0.25) is 0 Å². The minimum absolute atomic E-state index is 0.248. The van der Waals surface area contributed by atoms with Crippen molar-refractivity contribution in [2.45, 2.75) is 37.1 Å². The van der Waals surface area contributed by atoms with E-state index in [1.807, 2.05) is 30.3 Å². The molecular formula is C16H20O3. The molecule has 3 unspecified atom stereocenters. The summed E-state index contributed by atoms with van der Waals surface area (Å²) >= 11 is 0. The maximum absolute atomic E-state index is 11.2. The first-order chi connectivity index (χ1) is 9.23. The van der Waals surface area contributed by atoms with Crippen molar-refractivity contribution in [3.05, 3.63) is 35.9 Å². The van der Waals surface area contributed by atoms with Crippen LogP contribution in [0.4, 0.5) is 0 Å². The van der Waals surface area contributed by atoms with E-state index < -0.39 is 5.60 Å². The molecule has 3 nitrogen and oxygen atoms in total. The highest BCUT2D eigenvalue weighted by molar-refractivity contribution is 5.26. The topological polar surface area (TPSA) is 38.7 Å². The summed E-state index contributed by atoms with van der Waals surface area (Å²) in [5.41, 5.74) is 0.364. The van der Waals surface area contributed by atoms with Crippen molar-refractivity contribution < 1.29 is 14.6 Å². The van der Waals surface area contributed by atoms with Crippen molar-refractivity contribution in [3.63, 3.8) is 0 Å². The molecule has 102 valence electrons. The van der Waals surface area contributed by atoms with Crippen molar-refractivity contribution in [1.82, 2.24) is 0 Å². The summed E-state index contributed by atoms with van der Waals surface area (Å²) in [5.74, 6) is 0.187. The summed E-state index contributed by atoms with van der Waals surface area (Å²) in [7, 11) is 0. The van der Waals surface area contributed by atoms with E-state index in [0.717, 1.165) is 31.2 Å². The van der Waals surface area contributed by atoms with Crippen molar-refractivity contribution in [2.24, 2.45) is 11.8 Å². The van der Waals surface area contributed by atoms with Crippen molar-refractivity contribution >= 4 is 0 Å². The Bertz CT molecular complexity index is 466. The maximum Gasteiger partial charge on any atom is 0.171 e. The highest BCUT2D eigenvalue weighted by Gasteiger charge is 2.60. The predicted molar refractivity (Wildman–Crippen MR) is 70.4 cm³/mol. The van der Waals surface area contributed by atoms with Gasteiger partial charge in [0.1, 0.15) is 0 Å². The smallest absolute Gasteiger partial charge is 0.171 e. The number of hydrogen-bond donors (Lipinski definition) is 1. The van der Waals surface area contributed by atoms with Crippen LogP contribution < -0.4 is 0 Å². The second kappa shape index (κ2) is 4.05. The fourth-order valence-electron chi connectivity index (χ4n) is 4.35. The summed E-state index contributed by atoms with van der Waals surface area (Å²) < 4.78 is 11.8. The van der Waals surface area contributed by atoms with Crippen LogP contribution in [-0.4, -0.2) is 24.1 Å². The Balaban J connectivity index is 1.68. The van der Waals surface area contributed by atoms with Crippen LogP contribution in [0.25, 0.3) is 0 Å². The van der Waals surface area contributed by atoms with E-state index in [1.54, 1.807) is 0 Å². The summed E-state index contributed by atoms with van der Waals surface area (Å²) in [4.78, 5) is 0. The van der Waals surface area contributed by atoms with Crippen molar-refractivity contribution in [1.29, 1.82) is 0 Å². The average molecular weight is 260 g/mol. The quantitative estimate of drug-likeness (QED) is 0.843. The fourth-order valence-corrected chi connectivity index (χ4v) is 4.35. The molecule has 1 aromatic rings. The first-order valence-electron chi connectivity index (χ1n) is 7.29. The summed E-state index contributed by atoms with van der Waals surface area (Å²) in [6, 6.07) is 10.1. The van der Waals surface area contributed by atoms with Crippen LogP contribution in [0.15, 0.2) is 30.3 Å². The molecule has 3 heteroatoms. The van der Waals surface area contributed by atoms with Gasteiger partial charge in [-0.1, -0.05) is 30.3 Å². The lowest BCUT2D eigenvalue weighted by atomic mass is 9.57. The van der Waals surface area contributed by atoms with Gasteiger partial charge in [0.15, 0.2) is 5.79 Å². The lowest BCUT2D eigenvalue weighted by Gasteiger charge is -2.55. The first-order valence-corrected chi connectivity index (χ1v) is 7.29. The van der Waals surface area contributed by atoms with Gasteiger partial charge in [-0.3, -0.25) is 0 Å². The molecule has 1 heterocycles. The molecule has 3 aliphatic carbocycles. The van der Waals surface area contributed by atoms with Gasteiger partial charge in [0, 0.05) is 12.3 Å². The van der Waals surface area contributed by atoms with Gasteiger partial charge in [0.25, 0.3) is 0 Å². The second-order valence-corrected chi connectivity index (χ2v) is 6.18. The molecule has 1 aliphatic heterocycles. The molecule has 4 aliphatic rings. The van der Waals surface area contributed by atoms with E-state index in [2.05, 4.69) is 0 Å². The van der Waals surface area contributed by atoms with E-state index in [9.17, 15) is 5.11 Å². The first kappa shape index (κ1) is 11.9. The molecule has 3 saturated carbocycles. The fraction of sp³-hybridized carbons (Fsp3) is 0.625. The van der Waals surface area contributed by atoms with Crippen LogP contribution in [0.2, 0.25) is 0 Å². The molecule has 19 heavy (non-hydrogen) atoms. The highest BCUT2D eigenvalue weighted by Crippen LogP contribution is 2.58. The van der Waals surface area contributed by atoms with E-state index in [0.29, 0.717) is 19.1 Å². The highest BCUT2D eigenvalue weighted by atomic mass is 16.7. The minimum atomic E-state index is -0.690. The number of fused-ring (bicyclic) bond motifs is 2. The lowest BCUT2D eigenvalue weighted by Crippen LogP contribution is -2.57. The Morgan fingerprint density at radius 2 is 1.63 bits per heavy atom. The van der Waals surface area contributed by atoms with Crippen LogP contribution in [0.3, 0.4) is 0 Å². The normalized spacial score (nSPS) is 39.8. The largest absolute Gasteiger partial charge is 0.385 e. The third-order valence-electron chi connectivity index (χ3n) is 5.30. The van der Waals surface area contributed by atoms with Gasteiger partial charge in [-0.25, -0.2) is 0 Å². The van der Waals surface area contributed by atoms with Gasteiger partial charge in [0.05, 0.1) is 18.8 Å². The van der Waals surface area contributed by atoms with E-state index in [-0.39, 0.29) is 11.7 Å². The number of hydrogen-bond acceptors (Lipinski definition) is 3. The molecule has 1 N–H and O–H groups in total. The van der Waals surface area contributed by atoms with Gasteiger partial charge in [-0.05, 0) is 30.7 Å². The third kappa shape index (κ3) is 1.62. The molecule has 1 aromatic carbocycles. The van der Waals surface area contributed by atoms with E-state index in [4.69, 9.17) is 9.47 Å². The van der Waals surface area contributed by atoms with Crippen molar-refractivity contribution in [3.8, 4) is 0 Å². The predicted octanol–water partition coefficient (Wildman–Crippen LogP) is 2.44. The zero-order chi connectivity index (χ0) is 12.9. The SMILES string of the molecule is OC1(c2ccccc2)CC2CCC1CC21OCCO1. The standard InChI is InChI=1S/C16H20O3/c17-15(12-4-2-1-3-5-12)10-14-7-6-13(15)11-16(14)18-8-9-19-16/h1-5,13-14,17H,6-11H2. The van der Waals surface area contributed by atoms with Gasteiger partial charge in [-0.2, -0.15) is 0 Å². The number of rotatable bonds is 1. The van der Waals surface area contributed by atoms with Crippen LogP contribution in [0.5, 0.6) is 0 Å². The van der Waals surface area contributed by atoms with Gasteiger partial charge >= 0.3 is 0 Å². The Morgan fingerprint density at radius 1 is 0.947 bits per heavy atom. The minimum Gasteiger partial charge on any atom is -0.385 e. The average Bonchev–Trinajstić information content (AvgIpc) is 2.90. The van der Waals surface area contributed by atoms with Crippen LogP contribution in [0, 0.1) is 11.8 Å². The molecule has 5 rings (SSSR count). The molecule has 2 bridgehead atoms. The zero-order valence-electron chi connectivity index (χ0n) is 11.0. The molecule has 0 radical (unpaired) electrons. The molecular weight excluding hydrogens is 240 g/mol. The summed E-state index contributed by atoms with van der Waals surface area (Å²) in [6.45, 7) is 1.40. The number of aliphatic hydroxyl groups is 1. The monoisotopic (exact) mass is 260 g/mol. The van der Waals surface area contributed by atoms with E-state index >= 15 is 0 Å². The lowest BCUT2D eigenvalue weighted by molar-refractivity contribution is -0.280. The Kier molecular flexibility index (Phi) is 2.53. The molecule has 1 spiro atoms. The number of benzene rings is 1. The Labute approximate surface area is 113 Å². The summed E-state index contributed by atoms with van der Waals surface area (Å²) in [6.07, 6.45) is 3.79. The molecule has 1 saturated heterocycles. The van der Waals surface area contributed by atoms with Crippen LogP contribution >= 0.6 is 0 Å². The van der Waals surface area contributed by atoms with Gasteiger partial charge in [-0.15, -0.1) is 0 Å². The third-order valence-corrected chi connectivity index (χ3v) is 5.30. The van der Waals surface area contributed by atoms with Gasteiger partial charge < -0.3 is 14.6 Å². The Morgan fingerprint density at radius 3 is 2.26 bits per heavy atom. The molecule has 0 amide bonds. The van der Waals surface area contributed by atoms with Crippen LogP contribution in [0.1, 0.15) is 31.2 Å². The second-order valence-electron chi connectivity index (χ2n) is 6.18. The molecule has 3 atom stereocenters. The maximum atomic E-state index is 11.2.